The largest absolute Gasteiger partial charge is 0.505 e. The van der Waals surface area contributed by atoms with Crippen molar-refractivity contribution in [1.29, 1.82) is 0 Å². The van der Waals surface area contributed by atoms with Gasteiger partial charge in [-0.3, -0.25) is 19.2 Å². The number of methoxy groups -OCH3 is 2. The Morgan fingerprint density at radius 2 is 0.797 bits per heavy atom. The number of rotatable bonds is 14. The molecule has 0 bridgehead atoms. The Morgan fingerprint density at radius 1 is 0.419 bits per heavy atom. The normalized spacial score (nSPS) is 11.2. The van der Waals surface area contributed by atoms with E-state index >= 15 is 0 Å². The van der Waals surface area contributed by atoms with Gasteiger partial charge in [0.1, 0.15) is 34.2 Å². The van der Waals surface area contributed by atoms with E-state index in [0.29, 0.717) is 66.9 Å². The van der Waals surface area contributed by atoms with Crippen LogP contribution in [0.2, 0.25) is 0 Å². The lowest BCUT2D eigenvalue weighted by Crippen LogP contribution is -2.15. The van der Waals surface area contributed by atoms with Gasteiger partial charge < -0.3 is 41.0 Å². The van der Waals surface area contributed by atoms with Crippen LogP contribution in [0.1, 0.15) is 52.6 Å². The summed E-state index contributed by atoms with van der Waals surface area (Å²) < 4.78 is 11.0. The summed E-state index contributed by atoms with van der Waals surface area (Å²) in [7, 11) is 2.91. The minimum atomic E-state index is -0.649. The van der Waals surface area contributed by atoms with Gasteiger partial charge >= 0.3 is 0 Å². The number of carbonyl (C=O) groups excluding carboxylic acids is 4. The lowest BCUT2D eigenvalue weighted by molar-refractivity contribution is 0.101. The van der Waals surface area contributed by atoms with Crippen LogP contribution in [-0.4, -0.2) is 48.1 Å². The van der Waals surface area contributed by atoms with Gasteiger partial charge in [-0.1, -0.05) is 84.9 Å². The average Bonchev–Trinajstić information content (AvgIpc) is 3.41. The second-order valence-electron chi connectivity index (χ2n) is 16.9. The number of phenols is 2. The zero-order valence-corrected chi connectivity index (χ0v) is 40.3. The number of para-hydroxylation sites is 2. The topological polar surface area (TPSA) is 225 Å². The molecule has 0 saturated carbocycles. The van der Waals surface area contributed by atoms with Gasteiger partial charge in [0.15, 0.2) is 11.5 Å². The maximum Gasteiger partial charge on any atom is 0.259 e. The zero-order chi connectivity index (χ0) is 51.9. The Hall–Kier alpha value is -10.2. The van der Waals surface area contributed by atoms with E-state index < -0.39 is 23.3 Å². The first-order valence-corrected chi connectivity index (χ1v) is 23.0. The molecule has 6 N–H and O–H groups in total. The summed E-state index contributed by atoms with van der Waals surface area (Å²) in [4.78, 5) is 54.5. The number of aryl methyl sites for hydroxylation is 2. The number of aromatic hydroxyl groups is 2. The highest BCUT2D eigenvalue weighted by atomic mass is 16.5. The SMILES string of the molecule is COc1ccc(C(=O)Nc2ccccc2)cc1N=Nc1c(O)c(C(=O)Nc2cc(C)c(NC(=O)c3cc4ccccc4c(N=Nc4cc(C(=O)Nc5ccccc5)ccc4OC)c3O)cc2C)cc2ccccc12. The first kappa shape index (κ1) is 48.8. The summed E-state index contributed by atoms with van der Waals surface area (Å²) in [6.45, 7) is 3.49. The zero-order valence-electron chi connectivity index (χ0n) is 40.3. The number of amides is 4. The number of carbonyl (C=O) groups is 4. The van der Waals surface area contributed by atoms with E-state index in [0.717, 1.165) is 0 Å². The standard InChI is InChI=1S/C58H46N8O8/c1-33-27-46(62-58(72)44-30-36-16-12-14-22-42(36)52(54(44)68)66-64-48-32-38(24-26-50(48)74-4)56(70)60-40-19-9-6-10-20-40)34(2)28-45(33)61-57(71)43-29-35-15-11-13-21-41(35)51(53(43)67)65-63-47-31-37(23-25-49(47)73-3)55(69)59-39-17-7-5-8-18-39/h5-32,67-68H,1-4H3,(H,59,69)(H,60,70)(H,61,71)(H,62,72). The number of fused-ring (bicyclic) bond motifs is 2. The van der Waals surface area contributed by atoms with Crippen molar-refractivity contribution >= 4 is 90.7 Å². The molecule has 0 unspecified atom stereocenters. The lowest BCUT2D eigenvalue weighted by Gasteiger charge is -2.16. The molecule has 9 aromatic carbocycles. The number of hydrogen-bond acceptors (Lipinski definition) is 12. The van der Waals surface area contributed by atoms with E-state index in [1.165, 1.54) is 26.4 Å². The van der Waals surface area contributed by atoms with E-state index in [1.807, 2.05) is 36.4 Å². The number of nitrogens with zero attached hydrogens (tertiary/aromatic N) is 4. The van der Waals surface area contributed by atoms with Crippen LogP contribution in [0.3, 0.4) is 0 Å². The highest BCUT2D eigenvalue weighted by molar-refractivity contribution is 6.14. The summed E-state index contributed by atoms with van der Waals surface area (Å²) in [5.41, 5.74) is 3.97. The second kappa shape index (κ2) is 21.4. The number of anilines is 4. The van der Waals surface area contributed by atoms with Gasteiger partial charge in [0, 0.05) is 44.6 Å². The van der Waals surface area contributed by atoms with Crippen LogP contribution in [0.4, 0.5) is 45.5 Å². The number of benzene rings is 9. The van der Waals surface area contributed by atoms with Crippen molar-refractivity contribution in [3.63, 3.8) is 0 Å². The number of phenolic OH excluding ortho intramolecular Hbond substituents is 2. The maximum absolute atomic E-state index is 14.1. The molecule has 0 aromatic heterocycles. The predicted molar refractivity (Wildman–Crippen MR) is 286 cm³/mol. The summed E-state index contributed by atoms with van der Waals surface area (Å²) in [5.74, 6) is -2.29. The molecular weight excluding hydrogens is 937 g/mol. The minimum absolute atomic E-state index is 0.0134. The van der Waals surface area contributed by atoms with Crippen molar-refractivity contribution in [1.82, 2.24) is 0 Å². The van der Waals surface area contributed by atoms with Gasteiger partial charge in [0.2, 0.25) is 0 Å². The van der Waals surface area contributed by atoms with Gasteiger partial charge in [-0.25, -0.2) is 0 Å². The molecule has 0 saturated heterocycles. The highest BCUT2D eigenvalue weighted by Gasteiger charge is 2.23. The second-order valence-corrected chi connectivity index (χ2v) is 16.9. The van der Waals surface area contributed by atoms with Crippen LogP contribution in [0.5, 0.6) is 23.0 Å². The summed E-state index contributed by atoms with van der Waals surface area (Å²) >= 11 is 0. The summed E-state index contributed by atoms with van der Waals surface area (Å²) in [6, 6.07) is 48.0. The third-order valence-electron chi connectivity index (χ3n) is 12.0. The van der Waals surface area contributed by atoms with E-state index in [9.17, 15) is 29.4 Å². The molecule has 9 aromatic rings. The number of azo groups is 2. The summed E-state index contributed by atoms with van der Waals surface area (Å²) in [6.07, 6.45) is 0. The molecule has 16 nitrogen and oxygen atoms in total. The van der Waals surface area contributed by atoms with Crippen molar-refractivity contribution < 1.29 is 38.9 Å². The highest BCUT2D eigenvalue weighted by Crippen LogP contribution is 2.43. The fraction of sp³-hybridized carbons (Fsp3) is 0.0690. The van der Waals surface area contributed by atoms with Gasteiger partial charge in [-0.15, -0.1) is 20.5 Å². The molecule has 366 valence electrons. The maximum atomic E-state index is 14.1. The Balaban J connectivity index is 0.959. The summed E-state index contributed by atoms with van der Waals surface area (Å²) in [5, 5.41) is 54.7. The van der Waals surface area contributed by atoms with Crippen molar-refractivity contribution in [3.8, 4) is 23.0 Å². The Labute approximate surface area is 424 Å². The first-order chi connectivity index (χ1) is 35.9. The third-order valence-corrected chi connectivity index (χ3v) is 12.0. The van der Waals surface area contributed by atoms with Crippen LogP contribution in [-0.2, 0) is 0 Å². The molecule has 0 aliphatic heterocycles. The molecule has 0 spiro atoms. The van der Waals surface area contributed by atoms with Crippen molar-refractivity contribution in [2.24, 2.45) is 20.5 Å². The fourth-order valence-corrected chi connectivity index (χ4v) is 8.12. The van der Waals surface area contributed by atoms with E-state index in [-0.39, 0.29) is 56.8 Å². The molecule has 0 fully saturated rings. The van der Waals surface area contributed by atoms with E-state index in [2.05, 4.69) is 41.7 Å². The molecule has 0 radical (unpaired) electrons. The molecule has 0 aliphatic rings. The van der Waals surface area contributed by atoms with Gasteiger partial charge in [-0.05, 0) is 121 Å². The number of ether oxygens (including phenoxy) is 2. The van der Waals surface area contributed by atoms with Crippen LogP contribution in [0.15, 0.2) is 190 Å². The van der Waals surface area contributed by atoms with Crippen LogP contribution in [0.25, 0.3) is 21.5 Å². The van der Waals surface area contributed by atoms with Crippen molar-refractivity contribution in [2.75, 3.05) is 35.5 Å². The van der Waals surface area contributed by atoms with Crippen molar-refractivity contribution in [3.05, 3.63) is 203 Å². The molecule has 0 aliphatic carbocycles. The number of hydrogen-bond donors (Lipinski definition) is 6. The van der Waals surface area contributed by atoms with Gasteiger partial charge in [-0.2, -0.15) is 0 Å². The number of nitrogens with one attached hydrogen (secondary N) is 4. The molecule has 16 heteroatoms. The minimum Gasteiger partial charge on any atom is -0.505 e. The van der Waals surface area contributed by atoms with Crippen molar-refractivity contribution in [2.45, 2.75) is 13.8 Å². The first-order valence-electron chi connectivity index (χ1n) is 23.0. The predicted octanol–water partition coefficient (Wildman–Crippen LogP) is 13.9. The molecule has 0 atom stereocenters. The van der Waals surface area contributed by atoms with Crippen LogP contribution < -0.4 is 30.7 Å². The molecule has 9 rings (SSSR count). The van der Waals surface area contributed by atoms with Gasteiger partial charge in [0.05, 0.1) is 25.3 Å². The third kappa shape index (κ3) is 10.5. The molecule has 74 heavy (non-hydrogen) atoms. The average molecular weight is 983 g/mol. The quantitative estimate of drug-likeness (QED) is 0.0573. The smallest absolute Gasteiger partial charge is 0.259 e. The Morgan fingerprint density at radius 3 is 1.19 bits per heavy atom. The van der Waals surface area contributed by atoms with Gasteiger partial charge in [0.25, 0.3) is 23.6 Å². The van der Waals surface area contributed by atoms with E-state index in [1.54, 1.807) is 135 Å². The Kier molecular flexibility index (Phi) is 14.1. The van der Waals surface area contributed by atoms with Crippen LogP contribution >= 0.6 is 0 Å². The fourth-order valence-electron chi connectivity index (χ4n) is 8.12. The molecular formula is C58H46N8O8. The Bertz CT molecular complexity index is 3490. The van der Waals surface area contributed by atoms with Crippen LogP contribution in [0, 0.1) is 13.8 Å². The van der Waals surface area contributed by atoms with E-state index in [4.69, 9.17) is 9.47 Å². The molecule has 0 heterocycles. The molecule has 4 amide bonds. The monoisotopic (exact) mass is 982 g/mol. The lowest BCUT2D eigenvalue weighted by atomic mass is 10.0.